The van der Waals surface area contributed by atoms with E-state index in [0.29, 0.717) is 16.5 Å². The SMILES string of the molecule is O=C(O)c1ncc(Cl)c(-c2cccc3c2cnn3C(=O)OCc2ccccc2)n1. The fraction of sp³-hybridized carbons (Fsp3) is 0.0500. The van der Waals surface area contributed by atoms with Gasteiger partial charge in [0.2, 0.25) is 5.82 Å². The van der Waals surface area contributed by atoms with Crippen LogP contribution in [0.4, 0.5) is 4.79 Å². The molecule has 0 aliphatic carbocycles. The molecule has 0 aliphatic rings. The summed E-state index contributed by atoms with van der Waals surface area (Å²) < 4.78 is 6.47. The van der Waals surface area contributed by atoms with Gasteiger partial charge in [-0.05, 0) is 11.6 Å². The Bertz CT molecular complexity index is 1220. The van der Waals surface area contributed by atoms with Crippen molar-refractivity contribution in [3.63, 3.8) is 0 Å². The summed E-state index contributed by atoms with van der Waals surface area (Å²) in [5.74, 6) is -1.65. The molecule has 0 spiro atoms. The van der Waals surface area contributed by atoms with E-state index < -0.39 is 12.1 Å². The Labute approximate surface area is 169 Å². The Balaban J connectivity index is 1.70. The molecule has 9 heteroatoms. The van der Waals surface area contributed by atoms with E-state index >= 15 is 0 Å². The van der Waals surface area contributed by atoms with E-state index in [2.05, 4.69) is 15.1 Å². The Morgan fingerprint density at radius 1 is 1.07 bits per heavy atom. The van der Waals surface area contributed by atoms with Gasteiger partial charge in [0, 0.05) is 10.9 Å². The molecule has 1 N–H and O–H groups in total. The summed E-state index contributed by atoms with van der Waals surface area (Å²) in [5, 5.41) is 14.0. The van der Waals surface area contributed by atoms with Crippen molar-refractivity contribution in [3.8, 4) is 11.3 Å². The van der Waals surface area contributed by atoms with Crippen LogP contribution in [0.3, 0.4) is 0 Å². The van der Waals surface area contributed by atoms with Crippen LogP contribution in [0.2, 0.25) is 5.02 Å². The third-order valence-corrected chi connectivity index (χ3v) is 4.46. The second-order valence-corrected chi connectivity index (χ2v) is 6.44. The number of benzene rings is 2. The Morgan fingerprint density at radius 3 is 2.62 bits per heavy atom. The fourth-order valence-electron chi connectivity index (χ4n) is 2.84. The van der Waals surface area contributed by atoms with Gasteiger partial charge in [0.1, 0.15) is 6.61 Å². The average Bonchev–Trinajstić information content (AvgIpc) is 3.17. The zero-order valence-electron chi connectivity index (χ0n) is 14.8. The number of aromatic carboxylic acids is 1. The summed E-state index contributed by atoms with van der Waals surface area (Å²) in [6, 6.07) is 14.4. The second kappa shape index (κ2) is 7.69. The van der Waals surface area contributed by atoms with Gasteiger partial charge in [-0.1, -0.05) is 54.1 Å². The molecule has 0 bridgehead atoms. The van der Waals surface area contributed by atoms with Crippen molar-refractivity contribution in [1.82, 2.24) is 19.7 Å². The third kappa shape index (κ3) is 3.65. The maximum Gasteiger partial charge on any atom is 0.435 e. The van der Waals surface area contributed by atoms with Crippen molar-refractivity contribution in [2.24, 2.45) is 0 Å². The normalized spacial score (nSPS) is 10.8. The molecule has 0 fully saturated rings. The van der Waals surface area contributed by atoms with Crippen molar-refractivity contribution in [2.45, 2.75) is 6.61 Å². The molecule has 0 aliphatic heterocycles. The quantitative estimate of drug-likeness (QED) is 0.543. The van der Waals surface area contributed by atoms with Crippen LogP contribution in [0.5, 0.6) is 0 Å². The van der Waals surface area contributed by atoms with Crippen molar-refractivity contribution < 1.29 is 19.4 Å². The van der Waals surface area contributed by atoms with Crippen LogP contribution in [0, 0.1) is 0 Å². The summed E-state index contributed by atoms with van der Waals surface area (Å²) in [6.45, 7) is 0.112. The molecule has 0 saturated heterocycles. The number of nitrogens with zero attached hydrogens (tertiary/aromatic N) is 4. The minimum atomic E-state index is -1.27. The average molecular weight is 409 g/mol. The van der Waals surface area contributed by atoms with Gasteiger partial charge in [0.25, 0.3) is 0 Å². The fourth-order valence-corrected chi connectivity index (χ4v) is 3.04. The smallest absolute Gasteiger partial charge is 0.435 e. The molecule has 2 aromatic heterocycles. The zero-order valence-corrected chi connectivity index (χ0v) is 15.6. The van der Waals surface area contributed by atoms with E-state index in [-0.39, 0.29) is 23.1 Å². The van der Waals surface area contributed by atoms with E-state index in [4.69, 9.17) is 21.4 Å². The summed E-state index contributed by atoms with van der Waals surface area (Å²) >= 11 is 6.19. The highest BCUT2D eigenvalue weighted by molar-refractivity contribution is 6.33. The number of carbonyl (C=O) groups is 2. The lowest BCUT2D eigenvalue weighted by Crippen LogP contribution is -2.14. The molecule has 29 heavy (non-hydrogen) atoms. The number of fused-ring (bicyclic) bond motifs is 1. The first-order valence-electron chi connectivity index (χ1n) is 8.48. The maximum atomic E-state index is 12.5. The van der Waals surface area contributed by atoms with E-state index in [1.807, 2.05) is 30.3 Å². The number of hydrogen-bond donors (Lipinski definition) is 1. The molecule has 2 heterocycles. The number of carboxylic acid groups (broad SMARTS) is 1. The lowest BCUT2D eigenvalue weighted by Gasteiger charge is -2.07. The summed E-state index contributed by atoms with van der Waals surface area (Å²) in [7, 11) is 0. The minimum absolute atomic E-state index is 0.112. The monoisotopic (exact) mass is 408 g/mol. The molecule has 0 amide bonds. The van der Waals surface area contributed by atoms with Gasteiger partial charge < -0.3 is 9.84 Å². The summed E-state index contributed by atoms with van der Waals surface area (Å²) in [5.41, 5.74) is 2.10. The molecule has 8 nitrogen and oxygen atoms in total. The van der Waals surface area contributed by atoms with Crippen LogP contribution in [0.25, 0.3) is 22.2 Å². The van der Waals surface area contributed by atoms with Gasteiger partial charge >= 0.3 is 12.1 Å². The molecule has 0 radical (unpaired) electrons. The van der Waals surface area contributed by atoms with Crippen LogP contribution in [-0.2, 0) is 11.3 Å². The van der Waals surface area contributed by atoms with E-state index in [1.54, 1.807) is 18.2 Å². The number of halogens is 1. The standard InChI is InChI=1S/C20H13ClN4O4/c21-15-10-22-18(19(26)27)24-17(15)13-7-4-8-16-14(13)9-23-25(16)20(28)29-11-12-5-2-1-3-6-12/h1-10H,11H2,(H,26,27). The molecular weight excluding hydrogens is 396 g/mol. The molecule has 4 rings (SSSR count). The third-order valence-electron chi connectivity index (χ3n) is 4.18. The van der Waals surface area contributed by atoms with Crippen molar-refractivity contribution in [3.05, 3.63) is 77.3 Å². The highest BCUT2D eigenvalue weighted by Gasteiger charge is 2.18. The second-order valence-electron chi connectivity index (χ2n) is 6.03. The first-order valence-corrected chi connectivity index (χ1v) is 8.86. The topological polar surface area (TPSA) is 107 Å². The van der Waals surface area contributed by atoms with E-state index in [9.17, 15) is 9.59 Å². The van der Waals surface area contributed by atoms with Crippen LogP contribution in [0.1, 0.15) is 16.2 Å². The molecule has 2 aromatic carbocycles. The maximum absolute atomic E-state index is 12.5. The predicted octanol–water partition coefficient (Wildman–Crippen LogP) is 4.03. The summed E-state index contributed by atoms with van der Waals surface area (Å²) in [4.78, 5) is 31.4. The molecule has 4 aromatic rings. The van der Waals surface area contributed by atoms with Gasteiger partial charge in [0.05, 0.1) is 28.6 Å². The molecule has 144 valence electrons. The summed E-state index contributed by atoms with van der Waals surface area (Å²) in [6.07, 6.45) is 2.07. The van der Waals surface area contributed by atoms with Gasteiger partial charge in [-0.25, -0.2) is 19.6 Å². The van der Waals surface area contributed by atoms with Crippen molar-refractivity contribution >= 4 is 34.6 Å². The molecule has 0 unspecified atom stereocenters. The molecule has 0 atom stereocenters. The molecule has 0 saturated carbocycles. The van der Waals surface area contributed by atoms with E-state index in [1.165, 1.54) is 12.4 Å². The lowest BCUT2D eigenvalue weighted by atomic mass is 10.1. The number of ether oxygens (including phenoxy) is 1. The molecular formula is C20H13ClN4O4. The van der Waals surface area contributed by atoms with Crippen LogP contribution in [0.15, 0.2) is 60.9 Å². The minimum Gasteiger partial charge on any atom is -0.475 e. The Kier molecular flexibility index (Phi) is 4.92. The Morgan fingerprint density at radius 2 is 1.86 bits per heavy atom. The van der Waals surface area contributed by atoms with Crippen molar-refractivity contribution in [1.29, 1.82) is 0 Å². The number of carbonyl (C=O) groups excluding carboxylic acids is 1. The zero-order chi connectivity index (χ0) is 20.4. The highest BCUT2D eigenvalue weighted by atomic mass is 35.5. The van der Waals surface area contributed by atoms with Gasteiger partial charge in [-0.2, -0.15) is 9.78 Å². The lowest BCUT2D eigenvalue weighted by molar-refractivity contribution is 0.0683. The van der Waals surface area contributed by atoms with Crippen LogP contribution >= 0.6 is 11.6 Å². The van der Waals surface area contributed by atoms with Gasteiger partial charge in [0.15, 0.2) is 0 Å². The van der Waals surface area contributed by atoms with Crippen molar-refractivity contribution in [2.75, 3.05) is 0 Å². The number of carboxylic acids is 1. The van der Waals surface area contributed by atoms with E-state index in [0.717, 1.165) is 10.2 Å². The highest BCUT2D eigenvalue weighted by Crippen LogP contribution is 2.31. The number of hydrogen-bond acceptors (Lipinski definition) is 6. The van der Waals surface area contributed by atoms with Crippen LogP contribution < -0.4 is 0 Å². The van der Waals surface area contributed by atoms with Gasteiger partial charge in [-0.15, -0.1) is 0 Å². The van der Waals surface area contributed by atoms with Crippen LogP contribution in [-0.4, -0.2) is 36.9 Å². The first-order chi connectivity index (χ1) is 14.0. The Hall–Kier alpha value is -3.78. The first kappa shape index (κ1) is 18.6. The predicted molar refractivity (Wildman–Crippen MR) is 105 cm³/mol. The number of aromatic nitrogens is 4. The van der Waals surface area contributed by atoms with Gasteiger partial charge in [-0.3, -0.25) is 0 Å². The largest absolute Gasteiger partial charge is 0.475 e. The number of rotatable bonds is 4.